The van der Waals surface area contributed by atoms with Gasteiger partial charge in [0.05, 0.1) is 25.2 Å². The van der Waals surface area contributed by atoms with E-state index in [1.807, 2.05) is 27.7 Å². The first-order valence-electron chi connectivity index (χ1n) is 9.66. The van der Waals surface area contributed by atoms with Gasteiger partial charge in [-0.05, 0) is 24.9 Å². The number of halogens is 1. The molecule has 14 heteroatoms. The molecule has 0 spiro atoms. The number of carboxylic acid groups (broad SMARTS) is 2. The van der Waals surface area contributed by atoms with Gasteiger partial charge in [-0.25, -0.2) is 4.39 Å². The first-order valence-corrected chi connectivity index (χ1v) is 9.66. The molecule has 0 aromatic carbocycles. The van der Waals surface area contributed by atoms with Gasteiger partial charge in [0, 0.05) is 0 Å². The second-order valence-corrected chi connectivity index (χ2v) is 7.54. The largest absolute Gasteiger partial charge is 2.00 e. The Bertz CT molecular complexity index is 502. The van der Waals surface area contributed by atoms with Crippen molar-refractivity contribution >= 4 is 11.9 Å². The van der Waals surface area contributed by atoms with Gasteiger partial charge in [0.15, 0.2) is 12.0 Å². The van der Waals surface area contributed by atoms with E-state index in [1.165, 1.54) is 0 Å². The summed E-state index contributed by atoms with van der Waals surface area (Å²) in [5.41, 5.74) is 6.54. The number of rotatable bonds is 8. The summed E-state index contributed by atoms with van der Waals surface area (Å²) in [6.45, 7) is 6.67. The van der Waals surface area contributed by atoms with Crippen LogP contribution in [0.3, 0.4) is 0 Å². The van der Waals surface area contributed by atoms with Crippen LogP contribution in [0.2, 0.25) is 0 Å². The number of carboxylic acids is 2. The van der Waals surface area contributed by atoms with Crippen LogP contribution >= 0.6 is 0 Å². The number of hydrogen-bond donors (Lipinski definition) is 6. The van der Waals surface area contributed by atoms with Crippen LogP contribution in [0.15, 0.2) is 0 Å². The summed E-state index contributed by atoms with van der Waals surface area (Å²) >= 11 is 0. The van der Waals surface area contributed by atoms with Gasteiger partial charge in [0.25, 0.3) is 0 Å². The molecule has 0 amide bonds. The van der Waals surface area contributed by atoms with Gasteiger partial charge in [-0.3, -0.25) is 0 Å². The number of aliphatic hydroxyl groups excluding tert-OH is 4. The fourth-order valence-electron chi connectivity index (χ4n) is 2.01. The molecule has 1 heterocycles. The Labute approximate surface area is 200 Å². The van der Waals surface area contributed by atoms with Crippen molar-refractivity contribution in [3.63, 3.8) is 0 Å². The van der Waals surface area contributed by atoms with Crippen LogP contribution < -0.4 is 21.7 Å². The van der Waals surface area contributed by atoms with E-state index in [2.05, 4.69) is 0 Å². The topological polar surface area (TPSA) is 232 Å². The first-order chi connectivity index (χ1) is 14.1. The predicted octanol–water partition coefficient (Wildman–Crippen LogP) is -4.50. The minimum atomic E-state index is -3.68. The third-order valence-corrected chi connectivity index (χ3v) is 3.44. The summed E-state index contributed by atoms with van der Waals surface area (Å²) in [7, 11) is 0. The smallest absolute Gasteiger partial charge is 0.546 e. The van der Waals surface area contributed by atoms with Gasteiger partial charge in [-0.1, -0.05) is 27.7 Å². The molecule has 0 aliphatic carbocycles. The fraction of sp³-hybridized carbons (Fsp3) is 0.889. The third-order valence-electron chi connectivity index (χ3n) is 3.44. The Kier molecular flexibility index (Phi) is 19.8. The maximum Gasteiger partial charge on any atom is 2.00 e. The number of nitrogens with two attached hydrogens (primary N) is 2. The number of hydrogen-bond acceptors (Lipinski definition) is 12. The third kappa shape index (κ3) is 13.7. The van der Waals surface area contributed by atoms with Crippen molar-refractivity contribution < 1.29 is 75.2 Å². The molecule has 8 N–H and O–H groups in total. The minimum Gasteiger partial charge on any atom is -0.546 e. The van der Waals surface area contributed by atoms with Crippen molar-refractivity contribution in [2.75, 3.05) is 13.2 Å². The summed E-state index contributed by atoms with van der Waals surface area (Å²) in [5.74, 6) is -4.91. The predicted molar refractivity (Wildman–Crippen MR) is 101 cm³/mol. The van der Waals surface area contributed by atoms with E-state index >= 15 is 0 Å². The number of ether oxygens (including phenoxy) is 2. The Morgan fingerprint density at radius 2 is 1.44 bits per heavy atom. The molecule has 0 radical (unpaired) electrons. The van der Waals surface area contributed by atoms with Gasteiger partial charge in [0.1, 0.15) is 24.4 Å². The van der Waals surface area contributed by atoms with Crippen molar-refractivity contribution in [2.24, 2.45) is 11.5 Å². The number of aliphatic carboxylic acids is 2. The second-order valence-electron chi connectivity index (χ2n) is 7.54. The molecule has 12 nitrogen and oxygen atoms in total. The second kappa shape index (κ2) is 17.7. The maximum absolute atomic E-state index is 13.5. The normalized spacial score (nSPS) is 25.1. The van der Waals surface area contributed by atoms with Gasteiger partial charge in [-0.15, -0.1) is 0 Å². The zero-order chi connectivity index (χ0) is 24.9. The molecule has 1 saturated heterocycles. The minimum absolute atomic E-state index is 0. The Morgan fingerprint density at radius 1 is 1.03 bits per heavy atom. The van der Waals surface area contributed by atoms with Crippen molar-refractivity contribution in [3.8, 4) is 0 Å². The molecule has 0 aromatic heterocycles. The molecule has 5 atom stereocenters. The maximum atomic E-state index is 13.5. The molecule has 0 bridgehead atoms. The molecular weight excluding hydrogens is 618 g/mol. The number of alkyl halides is 1. The fourth-order valence-corrected chi connectivity index (χ4v) is 2.01. The van der Waals surface area contributed by atoms with E-state index in [-0.39, 0.29) is 21.1 Å². The Morgan fingerprint density at radius 3 is 1.78 bits per heavy atom. The molecule has 1 aliphatic rings. The van der Waals surface area contributed by atoms with E-state index in [0.29, 0.717) is 12.1 Å². The Hall–Kier alpha value is -0.762. The van der Waals surface area contributed by atoms with Gasteiger partial charge < -0.3 is 61.2 Å². The molecule has 1 fully saturated rings. The quantitative estimate of drug-likeness (QED) is 0.108. The molecular formula is C18H35FN2O10Pt. The van der Waals surface area contributed by atoms with Gasteiger partial charge in [0.2, 0.25) is 0 Å². The molecule has 1 aliphatic heterocycles. The van der Waals surface area contributed by atoms with Crippen molar-refractivity contribution in [3.05, 3.63) is 0 Å². The van der Waals surface area contributed by atoms with E-state index in [1.54, 1.807) is 0 Å². The number of carbonyl (C=O) groups excluding carboxylic acids is 2. The Balaban J connectivity index is -0.000000803. The molecule has 32 heavy (non-hydrogen) atoms. The zero-order valence-corrected chi connectivity index (χ0v) is 20.7. The van der Waals surface area contributed by atoms with E-state index in [4.69, 9.17) is 26.0 Å². The monoisotopic (exact) mass is 653 g/mol. The summed E-state index contributed by atoms with van der Waals surface area (Å²) in [6.07, 6.45) is -9.02. The summed E-state index contributed by atoms with van der Waals surface area (Å²) < 4.78 is 23.5. The van der Waals surface area contributed by atoms with Crippen LogP contribution in [-0.4, -0.2) is 94.0 Å². The van der Waals surface area contributed by atoms with Crippen LogP contribution in [0, 0.1) is 0 Å². The van der Waals surface area contributed by atoms with Crippen LogP contribution in [-0.2, 0) is 40.1 Å². The molecule has 0 saturated carbocycles. The van der Waals surface area contributed by atoms with Gasteiger partial charge >= 0.3 is 21.1 Å². The van der Waals surface area contributed by atoms with Crippen molar-refractivity contribution in [2.45, 2.75) is 89.0 Å². The van der Waals surface area contributed by atoms with Crippen LogP contribution in [0.5, 0.6) is 0 Å². The first kappa shape index (κ1) is 35.8. The van der Waals surface area contributed by atoms with Crippen molar-refractivity contribution in [1.82, 2.24) is 0 Å². The van der Waals surface area contributed by atoms with E-state index < -0.39 is 74.4 Å². The standard InChI is InChI=1S/C12H19FO10.2C3H9N.Pt/c13-12(10(18)19,11(20)21)2-1-3-22-9-8(17)7(16)6(15)5(4-14)23-9;2*1-3(2)4;/h5-9,14-17H,1-4H2,(H,18,19)(H,20,21);2*3H,4H2,1-2H3;/q;;;+2/p-2/t5-,6-,7+,8+,9?;;;/m1.../s1. The molecule has 194 valence electrons. The van der Waals surface area contributed by atoms with E-state index in [0.717, 1.165) is 0 Å². The van der Waals surface area contributed by atoms with Gasteiger partial charge in [-0.2, -0.15) is 0 Å². The zero-order valence-electron chi connectivity index (χ0n) is 18.5. The SMILES string of the molecule is CC(C)N.CC(C)N.O=C([O-])C(F)(CCCOC1O[C@H](CO)[C@@H](O)[C@H](O)[C@@H]1O)C(=O)[O-].[Pt+2]. The molecule has 0 aromatic rings. The van der Waals surface area contributed by atoms with E-state index in [9.17, 15) is 39.5 Å². The number of carbonyl (C=O) groups is 2. The summed E-state index contributed by atoms with van der Waals surface area (Å²) in [5, 5.41) is 58.6. The van der Waals surface area contributed by atoms with Crippen LogP contribution in [0.1, 0.15) is 40.5 Å². The average Bonchev–Trinajstić information content (AvgIpc) is 2.63. The van der Waals surface area contributed by atoms with Crippen LogP contribution in [0.4, 0.5) is 4.39 Å². The molecule has 1 rings (SSSR count). The van der Waals surface area contributed by atoms with Crippen molar-refractivity contribution in [1.29, 1.82) is 0 Å². The average molecular weight is 654 g/mol. The molecule has 1 unspecified atom stereocenters. The summed E-state index contributed by atoms with van der Waals surface area (Å²) in [6, 6.07) is 0.667. The summed E-state index contributed by atoms with van der Waals surface area (Å²) in [4.78, 5) is 20.9. The van der Waals surface area contributed by atoms with Crippen LogP contribution in [0.25, 0.3) is 0 Å². The number of aliphatic hydroxyl groups is 4.